The van der Waals surface area contributed by atoms with Crippen LogP contribution < -0.4 is 0 Å². The van der Waals surface area contributed by atoms with E-state index in [1.165, 1.54) is 12.0 Å². The number of aliphatic hydroxyl groups excluding tert-OH is 1. The number of rotatable bonds is 9. The van der Waals surface area contributed by atoms with Crippen LogP contribution >= 0.6 is 0 Å². The summed E-state index contributed by atoms with van der Waals surface area (Å²) >= 11 is 0. The van der Waals surface area contributed by atoms with Gasteiger partial charge in [0.2, 0.25) is 5.79 Å². The number of amides is 1. The number of ether oxygens (including phenoxy) is 6. The van der Waals surface area contributed by atoms with Gasteiger partial charge in [-0.05, 0) is 119 Å². The Balaban J connectivity index is 1.53. The van der Waals surface area contributed by atoms with Crippen molar-refractivity contribution in [1.82, 2.24) is 4.90 Å². The number of ketones is 3. The predicted molar refractivity (Wildman–Crippen MR) is 274 cm³/mol. The molecule has 2 N–H and O–H groups in total. The second-order valence-electron chi connectivity index (χ2n) is 21.4. The second-order valence-corrected chi connectivity index (χ2v) is 21.4. The van der Waals surface area contributed by atoms with Crippen LogP contribution in [-0.2, 0) is 59.0 Å². The first-order valence-corrected chi connectivity index (χ1v) is 26.5. The van der Waals surface area contributed by atoms with Crippen LogP contribution in [0.1, 0.15) is 131 Å². The summed E-state index contributed by atoms with van der Waals surface area (Å²) in [6.07, 6.45) is 12.3. The normalized spacial score (nSPS) is 37.6. The lowest BCUT2D eigenvalue weighted by molar-refractivity contribution is -0.265. The molecular formula is C58H85NO13. The highest BCUT2D eigenvalue weighted by molar-refractivity contribution is 6.39. The molecule has 14 nitrogen and oxygen atoms in total. The van der Waals surface area contributed by atoms with Gasteiger partial charge in [0, 0.05) is 58.5 Å². The Morgan fingerprint density at radius 1 is 0.833 bits per heavy atom. The number of aliphatic hydroxyl groups is 2. The zero-order valence-electron chi connectivity index (χ0n) is 44.7. The Labute approximate surface area is 428 Å². The van der Waals surface area contributed by atoms with Gasteiger partial charge in [0.1, 0.15) is 24.0 Å². The first-order chi connectivity index (χ1) is 34.3. The van der Waals surface area contributed by atoms with E-state index in [1.807, 2.05) is 88.4 Å². The van der Waals surface area contributed by atoms with Crippen molar-refractivity contribution in [3.63, 3.8) is 0 Å². The zero-order chi connectivity index (χ0) is 52.7. The van der Waals surface area contributed by atoms with Gasteiger partial charge in [-0.15, -0.1) is 0 Å². The molecular weight excluding hydrogens is 919 g/mol. The monoisotopic (exact) mass is 1000 g/mol. The number of cyclic esters (lactones) is 1. The average Bonchev–Trinajstić information content (AvgIpc) is 3.37. The van der Waals surface area contributed by atoms with Crippen LogP contribution in [-0.4, -0.2) is 127 Å². The van der Waals surface area contributed by atoms with Crippen LogP contribution in [0.3, 0.4) is 0 Å². The second kappa shape index (κ2) is 27.9. The third kappa shape index (κ3) is 15.7. The SMILES string of the molecule is CO[C@H]1C[C@@H]2CC[C@@H](C)[C@@](O)(O2)C(=O)C(=O)N2CCCCC2C(=O)O[C@H]([C@H](C)C[C@@H]2CC[C@@H](O)[C@H](OC)C2)CC(=O)[C@H](C)C(OCc2ccccc2)/C(C)=C/[C@@H](OC)C(=O)[C@H](C)C[C@H](C)/C=C/C=C/C=C/1C. The van der Waals surface area contributed by atoms with Crippen molar-refractivity contribution in [2.45, 2.75) is 187 Å². The van der Waals surface area contributed by atoms with Gasteiger partial charge in [0.25, 0.3) is 11.7 Å². The first kappa shape index (κ1) is 58.7. The summed E-state index contributed by atoms with van der Waals surface area (Å²) < 4.78 is 36.5. The van der Waals surface area contributed by atoms with E-state index in [2.05, 4.69) is 6.92 Å². The van der Waals surface area contributed by atoms with E-state index in [1.54, 1.807) is 34.1 Å². The fourth-order valence-corrected chi connectivity index (χ4v) is 11.1. The van der Waals surface area contributed by atoms with Gasteiger partial charge >= 0.3 is 5.97 Å². The Kier molecular flexibility index (Phi) is 22.8. The van der Waals surface area contributed by atoms with Crippen molar-refractivity contribution in [3.05, 3.63) is 83.5 Å². The first-order valence-electron chi connectivity index (χ1n) is 26.5. The number of esters is 1. The van der Waals surface area contributed by atoms with Crippen molar-refractivity contribution in [2.24, 2.45) is 35.5 Å². The summed E-state index contributed by atoms with van der Waals surface area (Å²) in [5.74, 6) is -7.69. The van der Waals surface area contributed by atoms with Crippen molar-refractivity contribution in [2.75, 3.05) is 27.9 Å². The predicted octanol–water partition coefficient (Wildman–Crippen LogP) is 8.41. The van der Waals surface area contributed by atoms with Gasteiger partial charge in [0.05, 0.1) is 37.1 Å². The minimum absolute atomic E-state index is 0.0547. The minimum Gasteiger partial charge on any atom is -0.460 e. The molecule has 2 unspecified atom stereocenters. The lowest BCUT2D eigenvalue weighted by Crippen LogP contribution is -2.61. The number of allylic oxidation sites excluding steroid dienone is 5. The lowest BCUT2D eigenvalue weighted by atomic mass is 9.78. The standard InChI is InChI=1S/C58H85NO13/c1-36-19-13-11-14-20-37(2)49(67-8)33-45-26-24-41(6)58(66,72-45)55(63)56(64)59-28-18-17-23-46(59)57(65)71-50(38(3)30-44-25-27-47(60)51(32-44)68-9)34-48(61)42(7)54(70-35-43-21-15-12-16-22-43)40(5)31-52(69-10)53(62)39(4)29-36/h11-16,19-22,31,36,38-39,41-42,44-47,49-52,54,60,66H,17-18,23-30,32-35H2,1-10H3/b14-11+,19-13+,37-20+,40-31+/t36-,38-,39-,41-,42+,44+,45+,46?,47-,49+,50+,51-,52-,54?,58-/m1/s1. The van der Waals surface area contributed by atoms with Gasteiger partial charge in [-0.25, -0.2) is 4.79 Å². The van der Waals surface area contributed by atoms with E-state index in [4.69, 9.17) is 28.4 Å². The molecule has 2 saturated heterocycles. The molecule has 3 heterocycles. The number of carbonyl (C=O) groups excluding carboxylic acids is 5. The van der Waals surface area contributed by atoms with E-state index in [0.717, 1.165) is 17.6 Å². The number of benzene rings is 1. The molecule has 5 rings (SSSR count). The summed E-state index contributed by atoms with van der Waals surface area (Å²) in [5, 5.41) is 22.7. The lowest BCUT2D eigenvalue weighted by Gasteiger charge is -2.42. The smallest absolute Gasteiger partial charge is 0.329 e. The fourth-order valence-electron chi connectivity index (χ4n) is 11.1. The highest BCUT2D eigenvalue weighted by atomic mass is 16.6. The quantitative estimate of drug-likeness (QED) is 0.137. The summed E-state index contributed by atoms with van der Waals surface area (Å²) in [6.45, 7) is 13.4. The van der Waals surface area contributed by atoms with Gasteiger partial charge < -0.3 is 43.5 Å². The molecule has 0 radical (unpaired) electrons. The largest absolute Gasteiger partial charge is 0.460 e. The molecule has 1 amide bonds. The Morgan fingerprint density at radius 3 is 2.26 bits per heavy atom. The maximum atomic E-state index is 14.8. The van der Waals surface area contributed by atoms with Gasteiger partial charge in [-0.3, -0.25) is 19.2 Å². The van der Waals surface area contributed by atoms with E-state index in [0.29, 0.717) is 63.4 Å². The molecule has 400 valence electrons. The summed E-state index contributed by atoms with van der Waals surface area (Å²) in [7, 11) is 4.67. The highest BCUT2D eigenvalue weighted by Crippen LogP contribution is 2.38. The molecule has 1 aromatic rings. The van der Waals surface area contributed by atoms with Crippen LogP contribution in [0.15, 0.2) is 77.9 Å². The molecule has 1 aromatic carbocycles. The molecule has 4 aliphatic rings. The number of methoxy groups -OCH3 is 3. The van der Waals surface area contributed by atoms with E-state index in [9.17, 15) is 34.2 Å². The number of nitrogens with zero attached hydrogens (tertiary/aromatic N) is 1. The summed E-state index contributed by atoms with van der Waals surface area (Å²) in [5.41, 5.74) is 2.42. The number of Topliss-reactive ketones (excluding diaryl/α,β-unsaturated/α-hetero) is 3. The number of carbonyl (C=O) groups is 5. The Hall–Kier alpha value is -4.15. The highest BCUT2D eigenvalue weighted by Gasteiger charge is 2.53. The van der Waals surface area contributed by atoms with Crippen LogP contribution in [0, 0.1) is 35.5 Å². The maximum absolute atomic E-state index is 14.8. The number of piperidine rings is 1. The number of hydrogen-bond acceptors (Lipinski definition) is 13. The Bertz CT molecular complexity index is 2080. The number of hydrogen-bond donors (Lipinski definition) is 2. The molecule has 3 fully saturated rings. The van der Waals surface area contributed by atoms with Crippen molar-refractivity contribution >= 4 is 29.2 Å². The topological polar surface area (TPSA) is 184 Å². The molecule has 2 bridgehead atoms. The summed E-state index contributed by atoms with van der Waals surface area (Å²) in [4.78, 5) is 73.5. The molecule has 1 saturated carbocycles. The van der Waals surface area contributed by atoms with Crippen LogP contribution in [0.4, 0.5) is 0 Å². The van der Waals surface area contributed by atoms with Crippen LogP contribution in [0.2, 0.25) is 0 Å². The van der Waals surface area contributed by atoms with Gasteiger partial charge in [-0.2, -0.15) is 0 Å². The third-order valence-electron chi connectivity index (χ3n) is 15.8. The maximum Gasteiger partial charge on any atom is 0.329 e. The van der Waals surface area contributed by atoms with Crippen LogP contribution in [0.25, 0.3) is 0 Å². The van der Waals surface area contributed by atoms with Crippen molar-refractivity contribution < 1.29 is 62.6 Å². The third-order valence-corrected chi connectivity index (χ3v) is 15.8. The molecule has 72 heavy (non-hydrogen) atoms. The zero-order valence-corrected chi connectivity index (χ0v) is 44.7. The Morgan fingerprint density at radius 2 is 1.57 bits per heavy atom. The van der Waals surface area contributed by atoms with Crippen molar-refractivity contribution in [3.8, 4) is 0 Å². The molecule has 1 aliphatic carbocycles. The molecule has 14 heteroatoms. The molecule has 0 spiro atoms. The van der Waals surface area contributed by atoms with Crippen molar-refractivity contribution in [1.29, 1.82) is 0 Å². The number of fused-ring (bicyclic) bond motifs is 3. The van der Waals surface area contributed by atoms with E-state index in [-0.39, 0.29) is 67.3 Å². The van der Waals surface area contributed by atoms with Crippen LogP contribution in [0.5, 0.6) is 0 Å². The molecule has 3 aliphatic heterocycles. The van der Waals surface area contributed by atoms with E-state index >= 15 is 0 Å². The molecule has 0 aromatic heterocycles. The van der Waals surface area contributed by atoms with Gasteiger partial charge in [-0.1, -0.05) is 95.3 Å². The van der Waals surface area contributed by atoms with Gasteiger partial charge in [0.15, 0.2) is 5.78 Å². The fraction of sp³-hybridized carbons (Fsp3) is 0.672. The molecule has 15 atom stereocenters. The minimum atomic E-state index is -2.44. The summed E-state index contributed by atoms with van der Waals surface area (Å²) in [6, 6.07) is 8.45. The average molecular weight is 1000 g/mol. The van der Waals surface area contributed by atoms with E-state index < -0.39 is 77.9 Å².